The fourth-order valence-corrected chi connectivity index (χ4v) is 1.64. The van der Waals surface area contributed by atoms with Gasteiger partial charge in [-0.3, -0.25) is 4.79 Å². The lowest BCUT2D eigenvalue weighted by Crippen LogP contribution is -2.23. The first-order valence-corrected chi connectivity index (χ1v) is 4.85. The van der Waals surface area contributed by atoms with Crippen LogP contribution in [0.15, 0.2) is 6.20 Å². The normalized spacial score (nSPS) is 17.9. The van der Waals surface area contributed by atoms with Gasteiger partial charge in [0.2, 0.25) is 0 Å². The summed E-state index contributed by atoms with van der Waals surface area (Å²) in [6.45, 7) is 2.05. The highest BCUT2D eigenvalue weighted by molar-refractivity contribution is 5.85. The zero-order valence-corrected chi connectivity index (χ0v) is 8.46. The second-order valence-corrected chi connectivity index (χ2v) is 3.68. The Bertz CT molecular complexity index is 353. The Morgan fingerprint density at radius 3 is 2.86 bits per heavy atom. The van der Waals surface area contributed by atoms with E-state index in [0.29, 0.717) is 0 Å². The van der Waals surface area contributed by atoms with E-state index in [4.69, 9.17) is 4.74 Å². The van der Waals surface area contributed by atoms with E-state index in [1.54, 1.807) is 6.20 Å². The van der Waals surface area contributed by atoms with Gasteiger partial charge >= 0.3 is 5.97 Å². The summed E-state index contributed by atoms with van der Waals surface area (Å²) >= 11 is 0. The van der Waals surface area contributed by atoms with Crippen LogP contribution in [0.4, 0.5) is 0 Å². The molecule has 2 rings (SSSR count). The summed E-state index contributed by atoms with van der Waals surface area (Å²) in [7, 11) is 1.42. The maximum atomic E-state index is 11.5. The van der Waals surface area contributed by atoms with E-state index in [1.807, 2.05) is 0 Å². The molecule has 1 fully saturated rings. The third-order valence-corrected chi connectivity index (χ3v) is 2.79. The number of esters is 1. The number of nitrogens with one attached hydrogen (secondary N) is 1. The zero-order chi connectivity index (χ0) is 10.2. The molecule has 1 aliphatic rings. The number of nitrogens with zero attached hydrogens (tertiary/aromatic N) is 1. The largest absolute Gasteiger partial charge is 0.468 e. The molecule has 4 nitrogen and oxygen atoms in total. The lowest BCUT2D eigenvalue weighted by Gasteiger charge is -2.08. The molecule has 1 aromatic rings. The van der Waals surface area contributed by atoms with Crippen LogP contribution in [0, 0.1) is 0 Å². The van der Waals surface area contributed by atoms with Crippen LogP contribution in [0.5, 0.6) is 0 Å². The van der Waals surface area contributed by atoms with Gasteiger partial charge in [-0.2, -0.15) is 0 Å². The van der Waals surface area contributed by atoms with Gasteiger partial charge in [0.05, 0.1) is 7.11 Å². The molecule has 1 aromatic heterocycles. The summed E-state index contributed by atoms with van der Waals surface area (Å²) < 4.78 is 4.78. The molecule has 4 heteroatoms. The minimum atomic E-state index is -0.456. The Hall–Kier alpha value is -1.32. The minimum absolute atomic E-state index is 0.172. The standard InChI is InChI=1S/C10H14N2O2/c1-3-7-6-11-8(12-7)10(4-5-10)9(13)14-2/h6H,3-5H2,1-2H3,(H,11,12). The van der Waals surface area contributed by atoms with E-state index in [0.717, 1.165) is 30.8 Å². The summed E-state index contributed by atoms with van der Waals surface area (Å²) in [5, 5.41) is 0. The molecule has 0 bridgehead atoms. The lowest BCUT2D eigenvalue weighted by atomic mass is 10.1. The van der Waals surface area contributed by atoms with E-state index in [9.17, 15) is 4.79 Å². The number of ether oxygens (including phenoxy) is 1. The van der Waals surface area contributed by atoms with Gasteiger partial charge in [-0.05, 0) is 19.3 Å². The molecular formula is C10H14N2O2. The van der Waals surface area contributed by atoms with Crippen molar-refractivity contribution in [1.29, 1.82) is 0 Å². The summed E-state index contributed by atoms with van der Waals surface area (Å²) in [4.78, 5) is 18.9. The van der Waals surface area contributed by atoms with Gasteiger partial charge in [-0.1, -0.05) is 6.92 Å². The maximum absolute atomic E-state index is 11.5. The van der Waals surface area contributed by atoms with Crippen molar-refractivity contribution in [2.45, 2.75) is 31.6 Å². The van der Waals surface area contributed by atoms with Crippen LogP contribution in [-0.2, 0) is 21.4 Å². The molecule has 1 heterocycles. The number of hydrogen-bond acceptors (Lipinski definition) is 3. The molecule has 1 saturated carbocycles. The number of aromatic nitrogens is 2. The second-order valence-electron chi connectivity index (χ2n) is 3.68. The molecule has 1 N–H and O–H groups in total. The highest BCUT2D eigenvalue weighted by Crippen LogP contribution is 2.47. The van der Waals surface area contributed by atoms with Crippen molar-refractivity contribution >= 4 is 5.97 Å². The fraction of sp³-hybridized carbons (Fsp3) is 0.600. The highest BCUT2D eigenvalue weighted by atomic mass is 16.5. The molecule has 0 atom stereocenters. The van der Waals surface area contributed by atoms with Gasteiger partial charge in [0.15, 0.2) is 0 Å². The quantitative estimate of drug-likeness (QED) is 0.735. The van der Waals surface area contributed by atoms with E-state index in [1.165, 1.54) is 7.11 Å². The second kappa shape index (κ2) is 3.12. The number of methoxy groups -OCH3 is 1. The van der Waals surface area contributed by atoms with Crippen LogP contribution in [0.1, 0.15) is 31.3 Å². The molecule has 0 aliphatic heterocycles. The van der Waals surface area contributed by atoms with Crippen molar-refractivity contribution in [3.05, 3.63) is 17.7 Å². The zero-order valence-electron chi connectivity index (χ0n) is 8.46. The van der Waals surface area contributed by atoms with Crippen LogP contribution in [-0.4, -0.2) is 23.0 Å². The number of hydrogen-bond donors (Lipinski definition) is 1. The number of carbonyl (C=O) groups excluding carboxylic acids is 1. The summed E-state index contributed by atoms with van der Waals surface area (Å²) in [6.07, 6.45) is 4.38. The summed E-state index contributed by atoms with van der Waals surface area (Å²) in [6, 6.07) is 0. The van der Waals surface area contributed by atoms with Crippen molar-refractivity contribution in [3.63, 3.8) is 0 Å². The third-order valence-electron chi connectivity index (χ3n) is 2.79. The minimum Gasteiger partial charge on any atom is -0.468 e. The van der Waals surface area contributed by atoms with Crippen LogP contribution in [0.25, 0.3) is 0 Å². The average Bonchev–Trinajstić information content (AvgIpc) is 2.89. The van der Waals surface area contributed by atoms with Gasteiger partial charge in [0.25, 0.3) is 0 Å². The number of rotatable bonds is 3. The maximum Gasteiger partial charge on any atom is 0.319 e. The van der Waals surface area contributed by atoms with Crippen LogP contribution in [0.2, 0.25) is 0 Å². The van der Waals surface area contributed by atoms with Gasteiger partial charge in [-0.25, -0.2) is 4.98 Å². The molecule has 0 unspecified atom stereocenters. The van der Waals surface area contributed by atoms with Crippen molar-refractivity contribution < 1.29 is 9.53 Å². The number of H-pyrrole nitrogens is 1. The highest BCUT2D eigenvalue weighted by Gasteiger charge is 2.55. The molecule has 1 aliphatic carbocycles. The number of aromatic amines is 1. The SMILES string of the molecule is CCc1cnc(C2(C(=O)OC)CC2)[nH]1. The molecule has 0 saturated heterocycles. The van der Waals surface area contributed by atoms with Gasteiger partial charge in [0, 0.05) is 11.9 Å². The molecular weight excluding hydrogens is 180 g/mol. The first kappa shape index (κ1) is 9.24. The van der Waals surface area contributed by atoms with Crippen LogP contribution in [0.3, 0.4) is 0 Å². The Balaban J connectivity index is 2.26. The topological polar surface area (TPSA) is 55.0 Å². The Morgan fingerprint density at radius 1 is 1.71 bits per heavy atom. The summed E-state index contributed by atoms with van der Waals surface area (Å²) in [5.41, 5.74) is 0.609. The van der Waals surface area contributed by atoms with Gasteiger partial charge in [-0.15, -0.1) is 0 Å². The fourth-order valence-electron chi connectivity index (χ4n) is 1.64. The van der Waals surface area contributed by atoms with Crippen molar-refractivity contribution in [3.8, 4) is 0 Å². The third kappa shape index (κ3) is 1.22. The van der Waals surface area contributed by atoms with Gasteiger partial charge < -0.3 is 9.72 Å². The van der Waals surface area contributed by atoms with E-state index >= 15 is 0 Å². The molecule has 0 radical (unpaired) electrons. The number of imidazole rings is 1. The number of aryl methyl sites for hydroxylation is 1. The lowest BCUT2D eigenvalue weighted by molar-refractivity contribution is -0.143. The van der Waals surface area contributed by atoms with E-state index in [2.05, 4.69) is 16.9 Å². The van der Waals surface area contributed by atoms with Gasteiger partial charge in [0.1, 0.15) is 11.2 Å². The molecule has 0 amide bonds. The summed E-state index contributed by atoms with van der Waals surface area (Å²) in [5.74, 6) is 0.593. The predicted molar refractivity (Wildman–Crippen MR) is 50.9 cm³/mol. The first-order chi connectivity index (χ1) is 6.73. The smallest absolute Gasteiger partial charge is 0.319 e. The van der Waals surface area contributed by atoms with E-state index in [-0.39, 0.29) is 5.97 Å². The molecule has 76 valence electrons. The predicted octanol–water partition coefficient (Wildman–Crippen LogP) is 1.18. The first-order valence-electron chi connectivity index (χ1n) is 4.85. The van der Waals surface area contributed by atoms with Crippen molar-refractivity contribution in [1.82, 2.24) is 9.97 Å². The van der Waals surface area contributed by atoms with E-state index < -0.39 is 5.41 Å². The Labute approximate surface area is 82.7 Å². The Kier molecular flexibility index (Phi) is 2.06. The monoisotopic (exact) mass is 194 g/mol. The Morgan fingerprint density at radius 2 is 2.43 bits per heavy atom. The van der Waals surface area contributed by atoms with Crippen molar-refractivity contribution in [2.24, 2.45) is 0 Å². The number of carbonyl (C=O) groups is 1. The van der Waals surface area contributed by atoms with Crippen LogP contribution < -0.4 is 0 Å². The van der Waals surface area contributed by atoms with Crippen LogP contribution >= 0.6 is 0 Å². The average molecular weight is 194 g/mol. The molecule has 14 heavy (non-hydrogen) atoms. The molecule has 0 spiro atoms. The van der Waals surface area contributed by atoms with Crippen molar-refractivity contribution in [2.75, 3.05) is 7.11 Å². The molecule has 0 aromatic carbocycles.